The SMILES string of the molecule is CC(C)c1ccc(CN2CC(CC(=O)O)c3ccc(-c4cc(N)cc(N)c4)cc32)cc1. The number of benzene rings is 3. The molecular formula is C26H29N3O2. The van der Waals surface area contributed by atoms with E-state index in [0.717, 1.165) is 28.9 Å². The molecule has 160 valence electrons. The van der Waals surface area contributed by atoms with Crippen LogP contribution in [0.2, 0.25) is 0 Å². The molecule has 1 unspecified atom stereocenters. The Morgan fingerprint density at radius 1 is 1.00 bits per heavy atom. The molecule has 5 nitrogen and oxygen atoms in total. The minimum absolute atomic E-state index is 0.0256. The minimum Gasteiger partial charge on any atom is -0.481 e. The van der Waals surface area contributed by atoms with Crippen molar-refractivity contribution in [1.29, 1.82) is 0 Å². The first-order valence-electron chi connectivity index (χ1n) is 10.7. The Morgan fingerprint density at radius 3 is 2.29 bits per heavy atom. The molecule has 0 bridgehead atoms. The molecule has 5 N–H and O–H groups in total. The molecule has 1 aliphatic heterocycles. The van der Waals surface area contributed by atoms with Crippen LogP contribution in [0.4, 0.5) is 17.1 Å². The van der Waals surface area contributed by atoms with Crippen LogP contribution in [0, 0.1) is 0 Å². The van der Waals surface area contributed by atoms with Crippen molar-refractivity contribution >= 4 is 23.0 Å². The molecule has 3 aromatic rings. The molecule has 1 atom stereocenters. The molecule has 0 saturated carbocycles. The number of fused-ring (bicyclic) bond motifs is 1. The van der Waals surface area contributed by atoms with E-state index in [9.17, 15) is 9.90 Å². The molecule has 0 spiro atoms. The molecule has 0 aliphatic carbocycles. The number of nitrogens with zero attached hydrogens (tertiary/aromatic N) is 1. The maximum absolute atomic E-state index is 11.4. The van der Waals surface area contributed by atoms with Gasteiger partial charge in [-0.25, -0.2) is 0 Å². The number of hydrogen-bond acceptors (Lipinski definition) is 4. The van der Waals surface area contributed by atoms with Gasteiger partial charge < -0.3 is 21.5 Å². The Labute approximate surface area is 183 Å². The van der Waals surface area contributed by atoms with Gasteiger partial charge in [-0.15, -0.1) is 0 Å². The second-order valence-corrected chi connectivity index (χ2v) is 8.73. The van der Waals surface area contributed by atoms with E-state index in [0.29, 0.717) is 23.8 Å². The van der Waals surface area contributed by atoms with Crippen LogP contribution in [0.25, 0.3) is 11.1 Å². The van der Waals surface area contributed by atoms with Crippen molar-refractivity contribution in [3.8, 4) is 11.1 Å². The number of nitrogens with two attached hydrogens (primary N) is 2. The Hall–Kier alpha value is -3.47. The van der Waals surface area contributed by atoms with Crippen molar-refractivity contribution in [2.24, 2.45) is 0 Å². The third-order valence-electron chi connectivity index (χ3n) is 6.00. The number of hydrogen-bond donors (Lipinski definition) is 3. The first kappa shape index (κ1) is 20.8. The van der Waals surface area contributed by atoms with Crippen LogP contribution in [-0.2, 0) is 11.3 Å². The molecule has 0 saturated heterocycles. The summed E-state index contributed by atoms with van der Waals surface area (Å²) in [5.74, 6) is -0.302. The number of aliphatic carboxylic acids is 1. The van der Waals surface area contributed by atoms with Gasteiger partial charge in [-0.05, 0) is 58.0 Å². The van der Waals surface area contributed by atoms with Crippen LogP contribution in [0.3, 0.4) is 0 Å². The topological polar surface area (TPSA) is 92.6 Å². The summed E-state index contributed by atoms with van der Waals surface area (Å²) in [7, 11) is 0. The van der Waals surface area contributed by atoms with Crippen LogP contribution in [0.5, 0.6) is 0 Å². The van der Waals surface area contributed by atoms with Gasteiger partial charge in [0, 0.05) is 36.1 Å². The number of carbonyl (C=O) groups is 1. The zero-order chi connectivity index (χ0) is 22.1. The number of anilines is 3. The van der Waals surface area contributed by atoms with E-state index < -0.39 is 5.97 Å². The van der Waals surface area contributed by atoms with Gasteiger partial charge in [0.15, 0.2) is 0 Å². The van der Waals surface area contributed by atoms with Crippen molar-refractivity contribution < 1.29 is 9.90 Å². The maximum Gasteiger partial charge on any atom is 0.304 e. The highest BCUT2D eigenvalue weighted by molar-refractivity contribution is 5.78. The van der Waals surface area contributed by atoms with E-state index in [2.05, 4.69) is 55.1 Å². The fourth-order valence-corrected chi connectivity index (χ4v) is 4.41. The van der Waals surface area contributed by atoms with E-state index in [-0.39, 0.29) is 12.3 Å². The molecule has 1 aliphatic rings. The highest BCUT2D eigenvalue weighted by Crippen LogP contribution is 2.41. The van der Waals surface area contributed by atoms with E-state index in [1.807, 2.05) is 18.2 Å². The molecule has 0 radical (unpaired) electrons. The second kappa shape index (κ2) is 8.34. The lowest BCUT2D eigenvalue weighted by Crippen LogP contribution is -2.22. The summed E-state index contributed by atoms with van der Waals surface area (Å²) in [5, 5.41) is 9.41. The van der Waals surface area contributed by atoms with Crippen molar-refractivity contribution in [3.05, 3.63) is 77.4 Å². The lowest BCUT2D eigenvalue weighted by atomic mass is 9.95. The Balaban J connectivity index is 1.68. The molecular weight excluding hydrogens is 386 g/mol. The van der Waals surface area contributed by atoms with Gasteiger partial charge >= 0.3 is 5.97 Å². The van der Waals surface area contributed by atoms with Gasteiger partial charge in [-0.3, -0.25) is 4.79 Å². The van der Waals surface area contributed by atoms with Gasteiger partial charge in [0.25, 0.3) is 0 Å². The molecule has 3 aromatic carbocycles. The Kier molecular flexibility index (Phi) is 5.59. The zero-order valence-electron chi connectivity index (χ0n) is 18.0. The minimum atomic E-state index is -0.772. The third-order valence-corrected chi connectivity index (χ3v) is 6.00. The number of rotatable bonds is 6. The highest BCUT2D eigenvalue weighted by Gasteiger charge is 2.30. The Bertz CT molecular complexity index is 1090. The van der Waals surface area contributed by atoms with E-state index in [4.69, 9.17) is 11.5 Å². The van der Waals surface area contributed by atoms with Crippen molar-refractivity contribution in [1.82, 2.24) is 0 Å². The normalized spacial score (nSPS) is 15.3. The van der Waals surface area contributed by atoms with Crippen molar-refractivity contribution in [2.45, 2.75) is 38.6 Å². The smallest absolute Gasteiger partial charge is 0.304 e. The highest BCUT2D eigenvalue weighted by atomic mass is 16.4. The summed E-state index contributed by atoms with van der Waals surface area (Å²) in [6.45, 7) is 5.81. The van der Waals surface area contributed by atoms with Crippen LogP contribution in [-0.4, -0.2) is 17.6 Å². The van der Waals surface area contributed by atoms with Crippen LogP contribution >= 0.6 is 0 Å². The summed E-state index contributed by atoms with van der Waals surface area (Å²) < 4.78 is 0. The largest absolute Gasteiger partial charge is 0.481 e. The molecule has 0 aromatic heterocycles. The molecule has 4 rings (SSSR count). The number of nitrogen functional groups attached to an aromatic ring is 2. The number of carboxylic acid groups (broad SMARTS) is 1. The average Bonchev–Trinajstić information content (AvgIpc) is 3.03. The Morgan fingerprint density at radius 2 is 1.68 bits per heavy atom. The van der Waals surface area contributed by atoms with Crippen LogP contribution in [0.1, 0.15) is 48.8 Å². The lowest BCUT2D eigenvalue weighted by Gasteiger charge is -2.21. The first-order chi connectivity index (χ1) is 14.8. The van der Waals surface area contributed by atoms with Gasteiger partial charge in [-0.1, -0.05) is 50.2 Å². The molecule has 1 heterocycles. The quantitative estimate of drug-likeness (QED) is 0.480. The third kappa shape index (κ3) is 4.50. The average molecular weight is 416 g/mol. The standard InChI is InChI=1S/C26H29N3O2/c1-16(2)18-5-3-17(4-6-18)14-29-15-21(12-26(30)31)24-8-7-19(11-25(24)29)20-9-22(27)13-23(28)10-20/h3-11,13,16,21H,12,14-15,27-28H2,1-2H3,(H,30,31). The second-order valence-electron chi connectivity index (χ2n) is 8.73. The lowest BCUT2D eigenvalue weighted by molar-refractivity contribution is -0.137. The summed E-state index contributed by atoms with van der Waals surface area (Å²) in [6, 6.07) is 20.5. The monoisotopic (exact) mass is 415 g/mol. The predicted molar refractivity (Wildman–Crippen MR) is 127 cm³/mol. The van der Waals surface area contributed by atoms with E-state index in [1.165, 1.54) is 11.1 Å². The zero-order valence-corrected chi connectivity index (χ0v) is 18.0. The summed E-state index contributed by atoms with van der Waals surface area (Å²) in [4.78, 5) is 13.7. The van der Waals surface area contributed by atoms with Gasteiger partial charge in [0.1, 0.15) is 0 Å². The van der Waals surface area contributed by atoms with Crippen molar-refractivity contribution in [3.63, 3.8) is 0 Å². The van der Waals surface area contributed by atoms with Crippen LogP contribution in [0.15, 0.2) is 60.7 Å². The fraction of sp³-hybridized carbons (Fsp3) is 0.269. The summed E-state index contributed by atoms with van der Waals surface area (Å²) in [5.41, 5.74) is 19.9. The predicted octanol–water partition coefficient (Wildman–Crippen LogP) is 5.22. The van der Waals surface area contributed by atoms with Crippen molar-refractivity contribution in [2.75, 3.05) is 22.9 Å². The molecule has 0 fully saturated rings. The van der Waals surface area contributed by atoms with E-state index >= 15 is 0 Å². The van der Waals surface area contributed by atoms with Gasteiger partial charge in [-0.2, -0.15) is 0 Å². The summed E-state index contributed by atoms with van der Waals surface area (Å²) in [6.07, 6.45) is 0.125. The van der Waals surface area contributed by atoms with E-state index in [1.54, 1.807) is 6.07 Å². The van der Waals surface area contributed by atoms with Crippen LogP contribution < -0.4 is 16.4 Å². The molecule has 5 heteroatoms. The molecule has 0 amide bonds. The summed E-state index contributed by atoms with van der Waals surface area (Å²) >= 11 is 0. The maximum atomic E-state index is 11.4. The molecule has 31 heavy (non-hydrogen) atoms. The first-order valence-corrected chi connectivity index (χ1v) is 10.7. The van der Waals surface area contributed by atoms with Gasteiger partial charge in [0.05, 0.1) is 6.42 Å². The van der Waals surface area contributed by atoms with Gasteiger partial charge in [0.2, 0.25) is 0 Å². The number of carboxylic acids is 1. The fourth-order valence-electron chi connectivity index (χ4n) is 4.41.